The predicted molar refractivity (Wildman–Crippen MR) is 134 cm³/mol. The van der Waals surface area contributed by atoms with E-state index in [2.05, 4.69) is 82.5 Å². The highest BCUT2D eigenvalue weighted by Crippen LogP contribution is 2.16. The van der Waals surface area contributed by atoms with E-state index in [1.165, 1.54) is 25.5 Å². The normalized spacial score (nSPS) is 12.1. The van der Waals surface area contributed by atoms with Gasteiger partial charge in [-0.3, -0.25) is 0 Å². The van der Waals surface area contributed by atoms with Crippen LogP contribution in [0.15, 0.2) is 54.9 Å². The molecular formula is C25H51N3. The van der Waals surface area contributed by atoms with Gasteiger partial charge in [0.1, 0.15) is 0 Å². The molecular weight excluding hydrogens is 342 g/mol. The van der Waals surface area contributed by atoms with E-state index in [0.717, 1.165) is 19.5 Å². The molecule has 0 aliphatic heterocycles. The summed E-state index contributed by atoms with van der Waals surface area (Å²) in [5.41, 5.74) is 4.61. The summed E-state index contributed by atoms with van der Waals surface area (Å²) in [6, 6.07) is 0. The highest BCUT2D eigenvalue weighted by molar-refractivity contribution is 5.55. The topological polar surface area (TPSA) is 41.6 Å². The van der Waals surface area contributed by atoms with Gasteiger partial charge in [0.25, 0.3) is 0 Å². The molecule has 0 fully saturated rings. The first kappa shape index (κ1) is 33.8. The first-order chi connectivity index (χ1) is 13.5. The van der Waals surface area contributed by atoms with Gasteiger partial charge in [0, 0.05) is 19.3 Å². The van der Waals surface area contributed by atoms with Crippen molar-refractivity contribution in [3.8, 4) is 0 Å². The number of unbranched alkanes of at least 4 members (excludes halogenated alkanes) is 1. The van der Waals surface area contributed by atoms with Crippen LogP contribution in [-0.4, -0.2) is 24.3 Å². The number of hydrogen-bond donors (Lipinski definition) is 1. The summed E-state index contributed by atoms with van der Waals surface area (Å²) in [7, 11) is 0. The Balaban J connectivity index is -0.000000269. The van der Waals surface area contributed by atoms with Gasteiger partial charge in [-0.15, -0.1) is 0 Å². The van der Waals surface area contributed by atoms with Gasteiger partial charge >= 0.3 is 0 Å². The zero-order valence-electron chi connectivity index (χ0n) is 20.3. The van der Waals surface area contributed by atoms with Crippen LogP contribution in [0.2, 0.25) is 0 Å². The van der Waals surface area contributed by atoms with Crippen molar-refractivity contribution in [2.24, 2.45) is 22.6 Å². The Morgan fingerprint density at radius 1 is 1.00 bits per heavy atom. The van der Waals surface area contributed by atoms with Crippen LogP contribution < -0.4 is 5.73 Å². The number of allylic oxidation sites excluding steroid dienone is 4. The lowest BCUT2D eigenvalue weighted by atomic mass is 9.92. The van der Waals surface area contributed by atoms with Crippen molar-refractivity contribution in [3.05, 3.63) is 49.9 Å². The fraction of sp³-hybridized carbons (Fsp3) is 0.640. The van der Waals surface area contributed by atoms with E-state index in [4.69, 9.17) is 0 Å². The van der Waals surface area contributed by atoms with Gasteiger partial charge < -0.3 is 10.6 Å². The Labute approximate surface area is 178 Å². The summed E-state index contributed by atoms with van der Waals surface area (Å²) in [6.45, 7) is 26.2. The Morgan fingerprint density at radius 2 is 1.54 bits per heavy atom. The third-order valence-electron chi connectivity index (χ3n) is 3.81. The van der Waals surface area contributed by atoms with E-state index < -0.39 is 0 Å². The third kappa shape index (κ3) is 31.9. The summed E-state index contributed by atoms with van der Waals surface area (Å²) in [4.78, 5) is 6.57. The summed E-state index contributed by atoms with van der Waals surface area (Å²) in [5, 5.41) is 0. The fourth-order valence-corrected chi connectivity index (χ4v) is 1.88. The van der Waals surface area contributed by atoms with E-state index in [9.17, 15) is 0 Å². The fourth-order valence-electron chi connectivity index (χ4n) is 1.88. The lowest BCUT2D eigenvalue weighted by molar-refractivity contribution is 0.345. The zero-order valence-corrected chi connectivity index (χ0v) is 20.3. The van der Waals surface area contributed by atoms with Crippen LogP contribution in [0.5, 0.6) is 0 Å². The Bertz CT molecular complexity index is 368. The monoisotopic (exact) mass is 393 g/mol. The second-order valence-corrected chi connectivity index (χ2v) is 6.26. The van der Waals surface area contributed by atoms with Gasteiger partial charge in [0.2, 0.25) is 0 Å². The molecule has 0 bridgehead atoms. The number of aliphatic imine (C=N–C) groups is 1. The van der Waals surface area contributed by atoms with Gasteiger partial charge in [-0.05, 0) is 43.9 Å². The highest BCUT2D eigenvalue weighted by Gasteiger charge is 2.10. The van der Waals surface area contributed by atoms with Crippen LogP contribution in [0.25, 0.3) is 0 Å². The van der Waals surface area contributed by atoms with Crippen LogP contribution in [0.4, 0.5) is 0 Å². The Hall–Kier alpha value is -1.77. The Kier molecular flexibility index (Phi) is 39.7. The number of hydrogen-bond acceptors (Lipinski definition) is 2. The number of rotatable bonds is 11. The van der Waals surface area contributed by atoms with Crippen LogP contribution in [-0.2, 0) is 0 Å². The quantitative estimate of drug-likeness (QED) is 0.170. The maximum Gasteiger partial charge on any atom is 0.0904 e. The van der Waals surface area contributed by atoms with Crippen LogP contribution in [0, 0.1) is 11.8 Å². The van der Waals surface area contributed by atoms with E-state index in [1.807, 2.05) is 26.3 Å². The molecule has 0 aliphatic carbocycles. The molecule has 0 aromatic carbocycles. The van der Waals surface area contributed by atoms with Gasteiger partial charge in [0.05, 0.1) is 6.34 Å². The first-order valence-electron chi connectivity index (χ1n) is 11.0. The van der Waals surface area contributed by atoms with Crippen molar-refractivity contribution in [3.63, 3.8) is 0 Å². The third-order valence-corrected chi connectivity index (χ3v) is 3.81. The van der Waals surface area contributed by atoms with Crippen molar-refractivity contribution >= 4 is 6.34 Å². The maximum absolute atomic E-state index is 4.61. The average molecular weight is 394 g/mol. The molecule has 0 saturated heterocycles. The van der Waals surface area contributed by atoms with Crippen molar-refractivity contribution in [1.82, 2.24) is 4.90 Å². The first-order valence-corrected chi connectivity index (χ1v) is 11.0. The summed E-state index contributed by atoms with van der Waals surface area (Å²) in [5.74, 6) is 1.35. The molecule has 0 heterocycles. The van der Waals surface area contributed by atoms with Crippen molar-refractivity contribution in [2.75, 3.05) is 13.1 Å². The molecule has 166 valence electrons. The van der Waals surface area contributed by atoms with Crippen LogP contribution >= 0.6 is 0 Å². The minimum absolute atomic E-state index is 0.645. The number of nitrogens with two attached hydrogens (primary N) is 1. The van der Waals surface area contributed by atoms with Crippen molar-refractivity contribution in [2.45, 2.75) is 81.1 Å². The molecule has 0 spiro atoms. The van der Waals surface area contributed by atoms with Crippen molar-refractivity contribution in [1.29, 1.82) is 0 Å². The Morgan fingerprint density at radius 3 is 1.93 bits per heavy atom. The molecule has 0 amide bonds. The molecule has 2 N–H and O–H groups in total. The minimum atomic E-state index is 0.645. The minimum Gasteiger partial charge on any atom is -0.405 e. The van der Waals surface area contributed by atoms with E-state index in [0.29, 0.717) is 11.8 Å². The molecule has 0 aromatic heterocycles. The second-order valence-electron chi connectivity index (χ2n) is 6.26. The predicted octanol–water partition coefficient (Wildman–Crippen LogP) is 7.59. The largest absolute Gasteiger partial charge is 0.405 e. The summed E-state index contributed by atoms with van der Waals surface area (Å²) in [6.07, 6.45) is 18.0. The van der Waals surface area contributed by atoms with Crippen LogP contribution in [0.3, 0.4) is 0 Å². The van der Waals surface area contributed by atoms with Gasteiger partial charge in [0.15, 0.2) is 0 Å². The standard InChI is InChI=1S/C17H30N2.C4H10.C2H5N.C2H6/c1-6-9-12-18-15-19(13-8-3)14-11-17(5)16(4)10-7-2;1-3-4-2;1-2-3;1-2/h6-7,9-10,12,15-17H,1,8,11,13-14H2,2-5H3;3-4H2,1-2H3;2H,1,3H2;1-2H3/b10-7-,12-9-,18-15?;;;. The van der Waals surface area contributed by atoms with Gasteiger partial charge in [-0.25, -0.2) is 4.99 Å². The summed E-state index contributed by atoms with van der Waals surface area (Å²) < 4.78 is 0. The molecule has 0 radical (unpaired) electrons. The van der Waals surface area contributed by atoms with E-state index >= 15 is 0 Å². The number of nitrogens with zero attached hydrogens (tertiary/aromatic N) is 2. The van der Waals surface area contributed by atoms with Crippen molar-refractivity contribution < 1.29 is 0 Å². The molecule has 3 heteroatoms. The van der Waals surface area contributed by atoms with E-state index in [1.54, 1.807) is 12.3 Å². The molecule has 0 rings (SSSR count). The molecule has 0 saturated carbocycles. The van der Waals surface area contributed by atoms with Crippen LogP contribution in [0.1, 0.15) is 81.1 Å². The molecule has 28 heavy (non-hydrogen) atoms. The highest BCUT2D eigenvalue weighted by atomic mass is 15.1. The lowest BCUT2D eigenvalue weighted by Crippen LogP contribution is -2.26. The van der Waals surface area contributed by atoms with Gasteiger partial charge in [-0.1, -0.05) is 92.7 Å². The average Bonchev–Trinajstić information content (AvgIpc) is 2.71. The smallest absolute Gasteiger partial charge is 0.0904 e. The molecule has 2 atom stereocenters. The van der Waals surface area contributed by atoms with Gasteiger partial charge in [-0.2, -0.15) is 0 Å². The molecule has 2 unspecified atom stereocenters. The molecule has 0 aromatic rings. The second kappa shape index (κ2) is 32.9. The molecule has 3 nitrogen and oxygen atoms in total. The van der Waals surface area contributed by atoms with E-state index in [-0.39, 0.29) is 0 Å². The zero-order chi connectivity index (χ0) is 22.6. The summed E-state index contributed by atoms with van der Waals surface area (Å²) >= 11 is 0. The SMILES string of the molecule is C=C/C=C\N=CN(CCC)CCC(C)C(C)/C=C\C.C=CN.CC.CCCC. The molecule has 0 aliphatic rings. The maximum atomic E-state index is 4.61. The lowest BCUT2D eigenvalue weighted by Gasteiger charge is -2.23.